The summed E-state index contributed by atoms with van der Waals surface area (Å²) in [6, 6.07) is 14.8. The van der Waals surface area contributed by atoms with E-state index >= 15 is 0 Å². The van der Waals surface area contributed by atoms with Crippen molar-refractivity contribution in [2.24, 2.45) is 0 Å². The number of nitrogens with zero attached hydrogens (tertiary/aromatic N) is 2. The number of halogens is 3. The molecular weight excluding hydrogens is 405 g/mol. The fourth-order valence-corrected chi connectivity index (χ4v) is 4.22. The van der Waals surface area contributed by atoms with Crippen molar-refractivity contribution in [3.8, 4) is 6.07 Å². The van der Waals surface area contributed by atoms with Crippen molar-refractivity contribution in [3.63, 3.8) is 0 Å². The molecule has 31 heavy (non-hydrogen) atoms. The lowest BCUT2D eigenvalue weighted by molar-refractivity contribution is -0.184. The Labute approximate surface area is 179 Å². The van der Waals surface area contributed by atoms with Gasteiger partial charge in [-0.1, -0.05) is 43.0 Å². The predicted octanol–water partition coefficient (Wildman–Crippen LogP) is 4.45. The third kappa shape index (κ3) is 3.93. The van der Waals surface area contributed by atoms with Gasteiger partial charge in [-0.2, -0.15) is 18.4 Å². The van der Waals surface area contributed by atoms with Crippen molar-refractivity contribution in [3.05, 3.63) is 77.4 Å². The molecular formula is C24H23F3N2O2. The number of ether oxygens (including phenoxy) is 1. The molecule has 0 unspecified atom stereocenters. The van der Waals surface area contributed by atoms with Crippen LogP contribution in [0, 0.1) is 11.3 Å². The first kappa shape index (κ1) is 21.4. The van der Waals surface area contributed by atoms with Gasteiger partial charge in [0, 0.05) is 18.8 Å². The molecule has 2 aromatic carbocycles. The molecule has 7 heteroatoms. The van der Waals surface area contributed by atoms with Crippen LogP contribution < -0.4 is 0 Å². The van der Waals surface area contributed by atoms with E-state index in [1.807, 2.05) is 24.3 Å². The molecule has 162 valence electrons. The topological polar surface area (TPSA) is 56.5 Å². The number of rotatable bonds is 4. The Bertz CT molecular complexity index is 995. The van der Waals surface area contributed by atoms with Gasteiger partial charge in [0.05, 0.1) is 30.3 Å². The monoisotopic (exact) mass is 428 g/mol. The normalized spacial score (nSPS) is 19.9. The molecule has 4 nitrogen and oxygen atoms in total. The largest absolute Gasteiger partial charge is 0.416 e. The van der Waals surface area contributed by atoms with Gasteiger partial charge in [0.15, 0.2) is 0 Å². The van der Waals surface area contributed by atoms with Gasteiger partial charge in [0.25, 0.3) is 0 Å². The van der Waals surface area contributed by atoms with Crippen molar-refractivity contribution in [1.29, 1.82) is 5.26 Å². The summed E-state index contributed by atoms with van der Waals surface area (Å²) >= 11 is 0. The molecule has 0 saturated carbocycles. The Balaban J connectivity index is 1.44. The molecule has 0 radical (unpaired) electrons. The molecule has 4 rings (SSSR count). The molecule has 0 aromatic heterocycles. The van der Waals surface area contributed by atoms with Crippen LogP contribution in [-0.4, -0.2) is 36.3 Å². The SMILES string of the molecule is C=C(c1ccc(C2(O)COC2)cc1)N1CCC(C#N)(c2ccc(C(F)(F)F)cc2)CC1. The molecule has 1 N–H and O–H groups in total. The standard InChI is InChI=1S/C24H23F3N2O2/c1-17(18-2-4-20(5-3-18)23(30)15-31-16-23)29-12-10-22(14-28,11-13-29)19-6-8-21(9-7-19)24(25,26)27/h2-9,30H,1,10-13,15-16H2. The van der Waals surface area contributed by atoms with E-state index in [0.29, 0.717) is 44.7 Å². The number of likely N-dealkylation sites (tertiary alicyclic amines) is 1. The average molecular weight is 428 g/mol. The number of hydrogen-bond acceptors (Lipinski definition) is 4. The second kappa shape index (κ2) is 7.70. The van der Waals surface area contributed by atoms with Gasteiger partial charge in [-0.25, -0.2) is 0 Å². The van der Waals surface area contributed by atoms with E-state index in [1.165, 1.54) is 12.1 Å². The Morgan fingerprint density at radius 3 is 2.00 bits per heavy atom. The summed E-state index contributed by atoms with van der Waals surface area (Å²) in [6.45, 7) is 5.93. The molecule has 0 aliphatic carbocycles. The number of benzene rings is 2. The van der Waals surface area contributed by atoms with Crippen LogP contribution in [0.5, 0.6) is 0 Å². The number of alkyl halides is 3. The van der Waals surface area contributed by atoms with Gasteiger partial charge in [0.2, 0.25) is 0 Å². The highest BCUT2D eigenvalue weighted by atomic mass is 19.4. The smallest absolute Gasteiger partial charge is 0.380 e. The third-order valence-electron chi connectivity index (χ3n) is 6.41. The number of hydrogen-bond donors (Lipinski definition) is 1. The van der Waals surface area contributed by atoms with Crippen LogP contribution in [0.3, 0.4) is 0 Å². The fourth-order valence-electron chi connectivity index (χ4n) is 4.22. The summed E-state index contributed by atoms with van der Waals surface area (Å²) in [6.07, 6.45) is -3.39. The highest BCUT2D eigenvalue weighted by Crippen LogP contribution is 2.39. The predicted molar refractivity (Wildman–Crippen MR) is 110 cm³/mol. The zero-order chi connectivity index (χ0) is 22.3. The van der Waals surface area contributed by atoms with E-state index in [9.17, 15) is 23.5 Å². The molecule has 2 saturated heterocycles. The number of nitriles is 1. The second-order valence-electron chi connectivity index (χ2n) is 8.30. The highest BCUT2D eigenvalue weighted by Gasteiger charge is 2.39. The lowest BCUT2D eigenvalue weighted by Crippen LogP contribution is -2.46. The summed E-state index contributed by atoms with van der Waals surface area (Å²) in [7, 11) is 0. The minimum absolute atomic E-state index is 0.291. The van der Waals surface area contributed by atoms with Gasteiger partial charge in [-0.15, -0.1) is 0 Å². The summed E-state index contributed by atoms with van der Waals surface area (Å²) in [5.41, 5.74) is 0.732. The maximum absolute atomic E-state index is 12.9. The molecule has 0 spiro atoms. The minimum Gasteiger partial charge on any atom is -0.380 e. The van der Waals surface area contributed by atoms with Crippen molar-refractivity contribution >= 4 is 5.70 Å². The van der Waals surface area contributed by atoms with Crippen molar-refractivity contribution in [1.82, 2.24) is 4.90 Å². The van der Waals surface area contributed by atoms with E-state index in [0.717, 1.165) is 29.0 Å². The van der Waals surface area contributed by atoms with Crippen LogP contribution in [0.15, 0.2) is 55.1 Å². The summed E-state index contributed by atoms with van der Waals surface area (Å²) in [5, 5.41) is 20.2. The first-order chi connectivity index (χ1) is 14.7. The van der Waals surface area contributed by atoms with Gasteiger partial charge in [-0.05, 0) is 41.7 Å². The van der Waals surface area contributed by atoms with Crippen LogP contribution in [0.2, 0.25) is 0 Å². The van der Waals surface area contributed by atoms with Crippen LogP contribution in [0.25, 0.3) is 5.70 Å². The van der Waals surface area contributed by atoms with Gasteiger partial charge in [0.1, 0.15) is 5.60 Å². The van der Waals surface area contributed by atoms with Gasteiger partial charge < -0.3 is 14.7 Å². The van der Waals surface area contributed by atoms with Gasteiger partial charge >= 0.3 is 6.18 Å². The first-order valence-electron chi connectivity index (χ1n) is 10.1. The zero-order valence-electron chi connectivity index (χ0n) is 17.0. The number of piperidine rings is 1. The second-order valence-corrected chi connectivity index (χ2v) is 8.30. The van der Waals surface area contributed by atoms with E-state index in [-0.39, 0.29) is 0 Å². The molecule has 0 atom stereocenters. The Hall–Kier alpha value is -2.82. The van der Waals surface area contributed by atoms with Crippen LogP contribution in [0.4, 0.5) is 13.2 Å². The van der Waals surface area contributed by atoms with Crippen LogP contribution in [0.1, 0.15) is 35.1 Å². The van der Waals surface area contributed by atoms with Crippen molar-refractivity contribution in [2.75, 3.05) is 26.3 Å². The zero-order valence-corrected chi connectivity index (χ0v) is 17.0. The van der Waals surface area contributed by atoms with E-state index in [2.05, 4.69) is 17.5 Å². The van der Waals surface area contributed by atoms with Gasteiger partial charge in [-0.3, -0.25) is 0 Å². The molecule has 2 heterocycles. The third-order valence-corrected chi connectivity index (χ3v) is 6.41. The lowest BCUT2D eigenvalue weighted by atomic mass is 9.73. The lowest BCUT2D eigenvalue weighted by Gasteiger charge is -2.40. The maximum atomic E-state index is 12.9. The highest BCUT2D eigenvalue weighted by molar-refractivity contribution is 5.62. The summed E-state index contributed by atoms with van der Waals surface area (Å²) in [5.74, 6) is 0. The molecule has 2 aliphatic rings. The van der Waals surface area contributed by atoms with Crippen molar-refractivity contribution in [2.45, 2.75) is 30.0 Å². The van der Waals surface area contributed by atoms with Crippen LogP contribution >= 0.6 is 0 Å². The Morgan fingerprint density at radius 2 is 1.55 bits per heavy atom. The molecule has 2 fully saturated rings. The van der Waals surface area contributed by atoms with Crippen LogP contribution in [-0.2, 0) is 21.9 Å². The first-order valence-corrected chi connectivity index (χ1v) is 10.1. The molecule has 2 aromatic rings. The summed E-state index contributed by atoms with van der Waals surface area (Å²) < 4.78 is 43.7. The Kier molecular flexibility index (Phi) is 5.32. The minimum atomic E-state index is -4.39. The van der Waals surface area contributed by atoms with E-state index in [1.54, 1.807) is 0 Å². The quantitative estimate of drug-likeness (QED) is 0.782. The van der Waals surface area contributed by atoms with E-state index < -0.39 is 22.8 Å². The van der Waals surface area contributed by atoms with Crippen molar-refractivity contribution < 1.29 is 23.0 Å². The molecule has 0 amide bonds. The Morgan fingerprint density at radius 1 is 1.00 bits per heavy atom. The molecule has 0 bridgehead atoms. The fraction of sp³-hybridized carbons (Fsp3) is 0.375. The summed E-state index contributed by atoms with van der Waals surface area (Å²) in [4.78, 5) is 2.09. The average Bonchev–Trinajstić information content (AvgIpc) is 2.76. The van der Waals surface area contributed by atoms with E-state index in [4.69, 9.17) is 4.74 Å². The maximum Gasteiger partial charge on any atom is 0.416 e. The molecule has 2 aliphatic heterocycles. The number of aliphatic hydroxyl groups is 1.